The number of pyridine rings is 1. The Hall–Kier alpha value is -3.80. The van der Waals surface area contributed by atoms with Crippen molar-refractivity contribution in [3.63, 3.8) is 0 Å². The van der Waals surface area contributed by atoms with Crippen LogP contribution < -0.4 is 5.32 Å². The Kier molecular flexibility index (Phi) is 3.31. The van der Waals surface area contributed by atoms with Crippen LogP contribution >= 0.6 is 0 Å². The Labute approximate surface area is 149 Å². The molecule has 0 saturated carbocycles. The molecule has 0 bridgehead atoms. The molecule has 0 aliphatic carbocycles. The lowest BCUT2D eigenvalue weighted by Crippen LogP contribution is -2.00. The minimum atomic E-state index is 0.643. The van der Waals surface area contributed by atoms with E-state index in [0.29, 0.717) is 17.6 Å². The minimum Gasteiger partial charge on any atom is -0.324 e. The van der Waals surface area contributed by atoms with Gasteiger partial charge in [-0.2, -0.15) is 0 Å². The van der Waals surface area contributed by atoms with E-state index in [9.17, 15) is 0 Å². The maximum Gasteiger partial charge on any atom is 0.206 e. The molecule has 0 atom stereocenters. The summed E-state index contributed by atoms with van der Waals surface area (Å²) in [6, 6.07) is 19.6. The molecule has 2 N–H and O–H groups in total. The van der Waals surface area contributed by atoms with Gasteiger partial charge in [-0.15, -0.1) is 0 Å². The monoisotopic (exact) mass is 338 g/mol. The molecular formula is C20H14N6. The first-order valence-corrected chi connectivity index (χ1v) is 8.26. The Bertz CT molecular complexity index is 1180. The van der Waals surface area contributed by atoms with Crippen molar-refractivity contribution < 1.29 is 0 Å². The molecule has 0 amide bonds. The van der Waals surface area contributed by atoms with Crippen molar-refractivity contribution in [2.24, 2.45) is 0 Å². The van der Waals surface area contributed by atoms with E-state index >= 15 is 0 Å². The van der Waals surface area contributed by atoms with Crippen LogP contribution in [0.5, 0.6) is 0 Å². The van der Waals surface area contributed by atoms with Gasteiger partial charge < -0.3 is 10.3 Å². The largest absolute Gasteiger partial charge is 0.324 e. The molecule has 0 unspecified atom stereocenters. The summed E-state index contributed by atoms with van der Waals surface area (Å²) in [7, 11) is 0. The van der Waals surface area contributed by atoms with Crippen molar-refractivity contribution in [2.45, 2.75) is 0 Å². The van der Waals surface area contributed by atoms with Crippen LogP contribution in [0.2, 0.25) is 0 Å². The van der Waals surface area contributed by atoms with Crippen molar-refractivity contribution >= 4 is 33.7 Å². The number of hydrogen-bond acceptors (Lipinski definition) is 5. The highest BCUT2D eigenvalue weighted by Gasteiger charge is 2.11. The summed E-state index contributed by atoms with van der Waals surface area (Å²) in [4.78, 5) is 21.3. The van der Waals surface area contributed by atoms with E-state index in [2.05, 4.69) is 25.3 Å². The van der Waals surface area contributed by atoms with E-state index in [0.717, 1.165) is 27.5 Å². The standard InChI is InChI=1S/C20H14N6/c1-2-6-15-14(5-1)19(25-18(22-15)13-9-11-21-12-10-13)26-20-23-16-7-3-4-8-17(16)24-20/h1-12H,(H2,22,23,24,25,26). The van der Waals surface area contributed by atoms with Gasteiger partial charge in [-0.3, -0.25) is 4.98 Å². The fourth-order valence-electron chi connectivity index (χ4n) is 2.93. The summed E-state index contributed by atoms with van der Waals surface area (Å²) >= 11 is 0. The highest BCUT2D eigenvalue weighted by Crippen LogP contribution is 2.27. The fraction of sp³-hybridized carbons (Fsp3) is 0. The number of benzene rings is 2. The average Bonchev–Trinajstić information content (AvgIpc) is 3.11. The van der Waals surface area contributed by atoms with Gasteiger partial charge in [0, 0.05) is 23.3 Å². The van der Waals surface area contributed by atoms with E-state index in [1.165, 1.54) is 0 Å². The molecule has 0 spiro atoms. The first kappa shape index (κ1) is 14.5. The third kappa shape index (κ3) is 2.53. The van der Waals surface area contributed by atoms with Gasteiger partial charge in [0.15, 0.2) is 5.82 Å². The third-order valence-corrected chi connectivity index (χ3v) is 4.17. The second-order valence-corrected chi connectivity index (χ2v) is 5.88. The van der Waals surface area contributed by atoms with Gasteiger partial charge in [-0.1, -0.05) is 24.3 Å². The topological polar surface area (TPSA) is 79.4 Å². The van der Waals surface area contributed by atoms with Crippen molar-refractivity contribution in [3.05, 3.63) is 73.1 Å². The molecular weight excluding hydrogens is 324 g/mol. The number of fused-ring (bicyclic) bond motifs is 2. The molecule has 5 aromatic rings. The summed E-state index contributed by atoms with van der Waals surface area (Å²) in [6.45, 7) is 0. The Morgan fingerprint density at radius 2 is 1.50 bits per heavy atom. The molecule has 124 valence electrons. The predicted octanol–water partition coefficient (Wildman–Crippen LogP) is 4.31. The van der Waals surface area contributed by atoms with Crippen LogP contribution in [0.4, 0.5) is 11.8 Å². The van der Waals surface area contributed by atoms with Crippen LogP contribution in [-0.2, 0) is 0 Å². The fourth-order valence-corrected chi connectivity index (χ4v) is 2.93. The van der Waals surface area contributed by atoms with Gasteiger partial charge in [0.1, 0.15) is 5.82 Å². The Morgan fingerprint density at radius 1 is 0.731 bits per heavy atom. The zero-order valence-corrected chi connectivity index (χ0v) is 13.7. The summed E-state index contributed by atoms with van der Waals surface area (Å²) in [5, 5.41) is 4.25. The van der Waals surface area contributed by atoms with Crippen molar-refractivity contribution in [2.75, 3.05) is 5.32 Å². The first-order valence-electron chi connectivity index (χ1n) is 8.26. The van der Waals surface area contributed by atoms with Crippen molar-refractivity contribution in [1.29, 1.82) is 0 Å². The summed E-state index contributed by atoms with van der Waals surface area (Å²) in [5.41, 5.74) is 3.66. The minimum absolute atomic E-state index is 0.643. The molecule has 6 nitrogen and oxygen atoms in total. The van der Waals surface area contributed by atoms with E-state index in [4.69, 9.17) is 4.98 Å². The van der Waals surface area contributed by atoms with Crippen LogP contribution in [0.3, 0.4) is 0 Å². The van der Waals surface area contributed by atoms with Gasteiger partial charge in [-0.25, -0.2) is 15.0 Å². The van der Waals surface area contributed by atoms with Gasteiger partial charge in [0.25, 0.3) is 0 Å². The number of nitrogens with zero attached hydrogens (tertiary/aromatic N) is 4. The van der Waals surface area contributed by atoms with Crippen molar-refractivity contribution in [3.8, 4) is 11.4 Å². The Morgan fingerprint density at radius 3 is 2.35 bits per heavy atom. The Balaban J connectivity index is 1.65. The maximum absolute atomic E-state index is 4.73. The van der Waals surface area contributed by atoms with Gasteiger partial charge >= 0.3 is 0 Å². The smallest absolute Gasteiger partial charge is 0.206 e. The molecule has 2 aromatic carbocycles. The molecule has 6 heteroatoms. The highest BCUT2D eigenvalue weighted by molar-refractivity contribution is 5.92. The highest BCUT2D eigenvalue weighted by atomic mass is 15.2. The first-order chi connectivity index (χ1) is 12.9. The van der Waals surface area contributed by atoms with E-state index < -0.39 is 0 Å². The molecule has 0 saturated heterocycles. The average molecular weight is 338 g/mol. The van der Waals surface area contributed by atoms with E-state index in [1.54, 1.807) is 12.4 Å². The summed E-state index contributed by atoms with van der Waals surface area (Å²) in [6.07, 6.45) is 3.47. The lowest BCUT2D eigenvalue weighted by atomic mass is 10.2. The number of imidazole rings is 1. The third-order valence-electron chi connectivity index (χ3n) is 4.17. The number of nitrogens with one attached hydrogen (secondary N) is 2. The second kappa shape index (κ2) is 5.93. The molecule has 0 aliphatic heterocycles. The number of para-hydroxylation sites is 3. The number of anilines is 2. The molecule has 26 heavy (non-hydrogen) atoms. The van der Waals surface area contributed by atoms with Crippen LogP contribution in [0.15, 0.2) is 73.1 Å². The zero-order chi connectivity index (χ0) is 17.3. The SMILES string of the molecule is c1ccc2[nH]c(Nc3nc(-c4ccncc4)nc4ccccc34)nc2c1. The summed E-state index contributed by atoms with van der Waals surface area (Å²) in [5.74, 6) is 2.00. The van der Waals surface area contributed by atoms with Crippen LogP contribution in [0.1, 0.15) is 0 Å². The molecule has 3 aromatic heterocycles. The molecule has 0 fully saturated rings. The maximum atomic E-state index is 4.73. The predicted molar refractivity (Wildman–Crippen MR) is 102 cm³/mol. The normalized spacial score (nSPS) is 11.1. The molecule has 0 radical (unpaired) electrons. The van der Waals surface area contributed by atoms with Crippen molar-refractivity contribution in [1.82, 2.24) is 24.9 Å². The lowest BCUT2D eigenvalue weighted by Gasteiger charge is -2.09. The second-order valence-electron chi connectivity index (χ2n) is 5.88. The number of aromatic nitrogens is 5. The lowest BCUT2D eigenvalue weighted by molar-refractivity contribution is 1.19. The number of hydrogen-bond donors (Lipinski definition) is 2. The van der Waals surface area contributed by atoms with Crippen LogP contribution in [0.25, 0.3) is 33.3 Å². The van der Waals surface area contributed by atoms with Crippen LogP contribution in [0, 0.1) is 0 Å². The van der Waals surface area contributed by atoms with Gasteiger partial charge in [0.05, 0.1) is 16.6 Å². The van der Waals surface area contributed by atoms with Gasteiger partial charge in [-0.05, 0) is 36.4 Å². The number of rotatable bonds is 3. The van der Waals surface area contributed by atoms with E-state index in [1.807, 2.05) is 60.7 Å². The van der Waals surface area contributed by atoms with Gasteiger partial charge in [0.2, 0.25) is 5.95 Å². The summed E-state index contributed by atoms with van der Waals surface area (Å²) < 4.78 is 0. The molecule has 3 heterocycles. The number of H-pyrrole nitrogens is 1. The zero-order valence-electron chi connectivity index (χ0n) is 13.7. The molecule has 5 rings (SSSR count). The van der Waals surface area contributed by atoms with Crippen LogP contribution in [-0.4, -0.2) is 24.9 Å². The van der Waals surface area contributed by atoms with E-state index in [-0.39, 0.29) is 0 Å². The quantitative estimate of drug-likeness (QED) is 0.512. The molecule has 0 aliphatic rings. The number of aromatic amines is 1.